The number of benzene rings is 2. The first-order chi connectivity index (χ1) is 12.5. The topological polar surface area (TPSA) is 92.7 Å². The van der Waals surface area contributed by atoms with Gasteiger partial charge in [-0.2, -0.15) is 0 Å². The van der Waals surface area contributed by atoms with Crippen molar-refractivity contribution in [3.05, 3.63) is 65.7 Å². The van der Waals surface area contributed by atoms with E-state index in [4.69, 9.17) is 4.74 Å². The maximum atomic E-state index is 12.8. The Balaban J connectivity index is 1.84. The summed E-state index contributed by atoms with van der Waals surface area (Å²) in [5.74, 6) is -0.723. The molecule has 2 unspecified atom stereocenters. The van der Waals surface area contributed by atoms with E-state index in [1.54, 1.807) is 36.4 Å². The summed E-state index contributed by atoms with van der Waals surface area (Å²) in [6.45, 7) is 0.640. The fourth-order valence-electron chi connectivity index (χ4n) is 2.91. The summed E-state index contributed by atoms with van der Waals surface area (Å²) in [5.41, 5.74) is 0.722. The van der Waals surface area contributed by atoms with Crippen LogP contribution in [0.15, 0.2) is 59.5 Å². The third-order valence-corrected chi connectivity index (χ3v) is 6.04. The van der Waals surface area contributed by atoms with Gasteiger partial charge in [0.2, 0.25) is 0 Å². The van der Waals surface area contributed by atoms with Crippen LogP contribution < -0.4 is 5.32 Å². The molecule has 138 valence electrons. The Kier molecular flexibility index (Phi) is 5.70. The summed E-state index contributed by atoms with van der Waals surface area (Å²) in [6, 6.07) is 14.4. The molecule has 1 amide bonds. The van der Waals surface area contributed by atoms with Crippen LogP contribution in [-0.4, -0.2) is 44.8 Å². The molecule has 7 heteroatoms. The van der Waals surface area contributed by atoms with Gasteiger partial charge in [0, 0.05) is 6.61 Å². The number of ether oxygens (including phenoxy) is 1. The number of nitrogens with one attached hydrogen (secondary N) is 1. The van der Waals surface area contributed by atoms with Gasteiger partial charge < -0.3 is 15.2 Å². The van der Waals surface area contributed by atoms with Gasteiger partial charge in [-0.05, 0) is 24.1 Å². The van der Waals surface area contributed by atoms with Crippen molar-refractivity contribution < 1.29 is 23.1 Å². The SMILES string of the molecule is O=C(NC1COCCC1O)c1ccccc1S(=O)(=O)Cc1ccccc1. The van der Waals surface area contributed by atoms with Gasteiger partial charge in [0.05, 0.1) is 35.0 Å². The van der Waals surface area contributed by atoms with Gasteiger partial charge in [0.25, 0.3) is 5.91 Å². The fourth-order valence-corrected chi connectivity index (χ4v) is 4.48. The number of hydrogen-bond donors (Lipinski definition) is 2. The van der Waals surface area contributed by atoms with Gasteiger partial charge >= 0.3 is 0 Å². The van der Waals surface area contributed by atoms with Crippen molar-refractivity contribution in [2.75, 3.05) is 13.2 Å². The minimum absolute atomic E-state index is 0.0208. The van der Waals surface area contributed by atoms with E-state index < -0.39 is 27.9 Å². The fraction of sp³-hybridized carbons (Fsp3) is 0.316. The van der Waals surface area contributed by atoms with Gasteiger partial charge in [0.1, 0.15) is 0 Å². The van der Waals surface area contributed by atoms with Crippen molar-refractivity contribution in [3.8, 4) is 0 Å². The molecule has 6 nitrogen and oxygen atoms in total. The van der Waals surface area contributed by atoms with E-state index in [-0.39, 0.29) is 22.8 Å². The summed E-state index contributed by atoms with van der Waals surface area (Å²) in [7, 11) is -3.70. The molecular weight excluding hydrogens is 354 g/mol. The number of sulfone groups is 1. The van der Waals surface area contributed by atoms with Gasteiger partial charge in [0.15, 0.2) is 9.84 Å². The molecular formula is C19H21NO5S. The molecule has 0 aromatic heterocycles. The lowest BCUT2D eigenvalue weighted by molar-refractivity contribution is -0.0140. The zero-order valence-corrected chi connectivity index (χ0v) is 15.0. The Labute approximate surface area is 152 Å². The number of amides is 1. The second-order valence-corrected chi connectivity index (χ2v) is 8.21. The zero-order chi connectivity index (χ0) is 18.6. The van der Waals surface area contributed by atoms with E-state index >= 15 is 0 Å². The summed E-state index contributed by atoms with van der Waals surface area (Å²) in [4.78, 5) is 12.6. The molecule has 0 radical (unpaired) electrons. The minimum atomic E-state index is -3.70. The van der Waals surface area contributed by atoms with Crippen LogP contribution in [0.2, 0.25) is 0 Å². The van der Waals surface area contributed by atoms with Gasteiger partial charge in [-0.25, -0.2) is 8.42 Å². The molecule has 2 aromatic carbocycles. The highest BCUT2D eigenvalue weighted by atomic mass is 32.2. The lowest BCUT2D eigenvalue weighted by atomic mass is 10.1. The predicted octanol–water partition coefficient (Wildman–Crippen LogP) is 1.54. The monoisotopic (exact) mass is 375 g/mol. The molecule has 1 heterocycles. The van der Waals surface area contributed by atoms with Crippen molar-refractivity contribution >= 4 is 15.7 Å². The third kappa shape index (κ3) is 4.30. The highest BCUT2D eigenvalue weighted by Crippen LogP contribution is 2.21. The second kappa shape index (κ2) is 7.99. The van der Waals surface area contributed by atoms with Gasteiger partial charge in [-0.1, -0.05) is 42.5 Å². The molecule has 26 heavy (non-hydrogen) atoms. The standard InChI is InChI=1S/C19H21NO5S/c21-17-10-11-25-12-16(17)20-19(22)15-8-4-5-9-18(15)26(23,24)13-14-6-2-1-3-7-14/h1-9,16-17,21H,10-13H2,(H,20,22). The molecule has 2 N–H and O–H groups in total. The molecule has 1 aliphatic heterocycles. The number of rotatable bonds is 5. The third-order valence-electron chi connectivity index (χ3n) is 4.30. The zero-order valence-electron chi connectivity index (χ0n) is 14.2. The summed E-state index contributed by atoms with van der Waals surface area (Å²) < 4.78 is 30.9. The first-order valence-corrected chi connectivity index (χ1v) is 10.0. The van der Waals surface area contributed by atoms with Crippen LogP contribution in [0.1, 0.15) is 22.3 Å². The summed E-state index contributed by atoms with van der Waals surface area (Å²) in [6.07, 6.45) is -0.278. The number of aliphatic hydroxyl groups excluding tert-OH is 1. The van der Waals surface area contributed by atoms with Crippen LogP contribution in [0.4, 0.5) is 0 Å². The average molecular weight is 375 g/mol. The lowest BCUT2D eigenvalue weighted by Gasteiger charge is -2.28. The minimum Gasteiger partial charge on any atom is -0.391 e. The number of carbonyl (C=O) groups is 1. The normalized spacial score (nSPS) is 20.5. The Morgan fingerprint density at radius 2 is 1.81 bits per heavy atom. The maximum Gasteiger partial charge on any atom is 0.252 e. The first-order valence-electron chi connectivity index (χ1n) is 8.40. The van der Waals surface area contributed by atoms with E-state index in [1.807, 2.05) is 6.07 Å². The lowest BCUT2D eigenvalue weighted by Crippen LogP contribution is -2.49. The number of aliphatic hydroxyl groups is 1. The molecule has 0 spiro atoms. The molecule has 0 aliphatic carbocycles. The van der Waals surface area contributed by atoms with E-state index in [9.17, 15) is 18.3 Å². The predicted molar refractivity (Wildman–Crippen MR) is 96.5 cm³/mol. The highest BCUT2D eigenvalue weighted by molar-refractivity contribution is 7.90. The average Bonchev–Trinajstić information content (AvgIpc) is 2.64. The Morgan fingerprint density at radius 3 is 2.54 bits per heavy atom. The first kappa shape index (κ1) is 18.6. The van der Waals surface area contributed by atoms with E-state index in [1.165, 1.54) is 12.1 Å². The molecule has 0 bridgehead atoms. The van der Waals surface area contributed by atoms with Crippen molar-refractivity contribution in [3.63, 3.8) is 0 Å². The van der Waals surface area contributed by atoms with Gasteiger partial charge in [-0.15, -0.1) is 0 Å². The highest BCUT2D eigenvalue weighted by Gasteiger charge is 2.28. The molecule has 2 atom stereocenters. The molecule has 1 fully saturated rings. The van der Waals surface area contributed by atoms with Crippen LogP contribution in [0.5, 0.6) is 0 Å². The number of carbonyl (C=O) groups excluding carboxylic acids is 1. The molecule has 1 saturated heterocycles. The maximum absolute atomic E-state index is 12.8. The molecule has 0 saturated carbocycles. The molecule has 1 aliphatic rings. The molecule has 2 aromatic rings. The molecule has 3 rings (SSSR count). The summed E-state index contributed by atoms with van der Waals surface area (Å²) >= 11 is 0. The van der Waals surface area contributed by atoms with E-state index in [0.29, 0.717) is 18.6 Å². The van der Waals surface area contributed by atoms with Crippen molar-refractivity contribution in [1.82, 2.24) is 5.32 Å². The van der Waals surface area contributed by atoms with Crippen LogP contribution in [0.3, 0.4) is 0 Å². The van der Waals surface area contributed by atoms with Crippen LogP contribution >= 0.6 is 0 Å². The summed E-state index contributed by atoms with van der Waals surface area (Å²) in [5, 5.41) is 12.7. The quantitative estimate of drug-likeness (QED) is 0.827. The van der Waals surface area contributed by atoms with Crippen LogP contribution in [0.25, 0.3) is 0 Å². The van der Waals surface area contributed by atoms with Crippen LogP contribution in [0, 0.1) is 0 Å². The van der Waals surface area contributed by atoms with Crippen molar-refractivity contribution in [1.29, 1.82) is 0 Å². The van der Waals surface area contributed by atoms with Crippen molar-refractivity contribution in [2.45, 2.75) is 29.2 Å². The van der Waals surface area contributed by atoms with Crippen LogP contribution in [-0.2, 0) is 20.3 Å². The van der Waals surface area contributed by atoms with E-state index in [0.717, 1.165) is 0 Å². The Morgan fingerprint density at radius 1 is 1.12 bits per heavy atom. The van der Waals surface area contributed by atoms with Gasteiger partial charge in [-0.3, -0.25) is 4.79 Å². The van der Waals surface area contributed by atoms with Crippen molar-refractivity contribution in [2.24, 2.45) is 0 Å². The van der Waals surface area contributed by atoms with E-state index in [2.05, 4.69) is 5.32 Å². The Bertz CT molecular complexity index is 867. The Hall–Kier alpha value is -2.22. The number of hydrogen-bond acceptors (Lipinski definition) is 5. The second-order valence-electron chi connectivity index (χ2n) is 6.25. The smallest absolute Gasteiger partial charge is 0.252 e. The largest absolute Gasteiger partial charge is 0.391 e.